The van der Waals surface area contributed by atoms with Crippen molar-refractivity contribution in [1.29, 1.82) is 0 Å². The normalized spacial score (nSPS) is 9.56. The summed E-state index contributed by atoms with van der Waals surface area (Å²) in [7, 11) is 0. The molecule has 1 rings (SSSR count). The molecule has 0 unspecified atom stereocenters. The van der Waals surface area contributed by atoms with E-state index in [1.54, 1.807) is 0 Å². The van der Waals surface area contributed by atoms with E-state index < -0.39 is 0 Å². The summed E-state index contributed by atoms with van der Waals surface area (Å²) >= 11 is 6.25. The molecule has 1 N–H and O–H groups in total. The van der Waals surface area contributed by atoms with Crippen LogP contribution in [-0.4, -0.2) is 9.97 Å². The largest absolute Gasteiger partial charge is 0.345 e. The smallest absolute Gasteiger partial charge is 0.299 e. The average molecular weight is 254 g/mol. The maximum atomic E-state index is 10.4. The Hall–Kier alpha value is -0.160. The van der Waals surface area contributed by atoms with Gasteiger partial charge in [0.25, 0.3) is 0 Å². The SMILES string of the molecule is O=c1ncc(Br)c(Br)[nH]1. The molecule has 1 aromatic heterocycles. The highest BCUT2D eigenvalue weighted by molar-refractivity contribution is 9.13. The van der Waals surface area contributed by atoms with Crippen molar-refractivity contribution < 1.29 is 0 Å². The van der Waals surface area contributed by atoms with Crippen LogP contribution in [0.1, 0.15) is 0 Å². The zero-order valence-electron chi connectivity index (χ0n) is 4.19. The molecular formula is C4H2Br2N2O. The fraction of sp³-hybridized carbons (Fsp3) is 0. The fourth-order valence-corrected chi connectivity index (χ4v) is 0.831. The molecule has 0 radical (unpaired) electrons. The molecule has 0 aliphatic rings. The molecular weight excluding hydrogens is 252 g/mol. The third-order valence-corrected chi connectivity index (χ3v) is 2.48. The quantitative estimate of drug-likeness (QED) is 0.709. The molecule has 1 aromatic rings. The molecule has 0 atom stereocenters. The van der Waals surface area contributed by atoms with Crippen molar-refractivity contribution in [3.05, 3.63) is 25.8 Å². The van der Waals surface area contributed by atoms with E-state index in [9.17, 15) is 4.79 Å². The van der Waals surface area contributed by atoms with Gasteiger partial charge in [-0.3, -0.25) is 4.98 Å². The zero-order valence-corrected chi connectivity index (χ0v) is 7.36. The molecule has 0 bridgehead atoms. The van der Waals surface area contributed by atoms with Gasteiger partial charge in [0.15, 0.2) is 0 Å². The van der Waals surface area contributed by atoms with Crippen LogP contribution in [0.4, 0.5) is 0 Å². The van der Waals surface area contributed by atoms with Gasteiger partial charge < -0.3 is 0 Å². The molecule has 0 aliphatic carbocycles. The average Bonchev–Trinajstić information content (AvgIpc) is 1.80. The maximum Gasteiger partial charge on any atom is 0.345 e. The molecule has 0 aliphatic heterocycles. The Balaban J connectivity index is 3.34. The van der Waals surface area contributed by atoms with E-state index in [0.29, 0.717) is 4.60 Å². The van der Waals surface area contributed by atoms with E-state index in [1.165, 1.54) is 6.20 Å². The molecule has 5 heteroatoms. The number of nitrogens with zero attached hydrogens (tertiary/aromatic N) is 1. The summed E-state index contributed by atoms with van der Waals surface area (Å²) in [5.41, 5.74) is -0.356. The van der Waals surface area contributed by atoms with Crippen molar-refractivity contribution in [1.82, 2.24) is 9.97 Å². The van der Waals surface area contributed by atoms with Crippen LogP contribution in [0.5, 0.6) is 0 Å². The van der Waals surface area contributed by atoms with Crippen LogP contribution in [0.2, 0.25) is 0 Å². The van der Waals surface area contributed by atoms with Gasteiger partial charge in [0.1, 0.15) is 4.60 Å². The molecule has 0 amide bonds. The van der Waals surface area contributed by atoms with E-state index in [4.69, 9.17) is 0 Å². The lowest BCUT2D eigenvalue weighted by Gasteiger charge is -1.89. The van der Waals surface area contributed by atoms with Crippen LogP contribution in [0.3, 0.4) is 0 Å². The predicted molar refractivity (Wildman–Crippen MR) is 40.3 cm³/mol. The molecule has 0 fully saturated rings. The Morgan fingerprint density at radius 2 is 2.22 bits per heavy atom. The number of hydrogen-bond acceptors (Lipinski definition) is 2. The Kier molecular flexibility index (Phi) is 2.02. The van der Waals surface area contributed by atoms with Crippen molar-refractivity contribution in [3.63, 3.8) is 0 Å². The first-order chi connectivity index (χ1) is 4.20. The van der Waals surface area contributed by atoms with Gasteiger partial charge in [0.05, 0.1) is 4.47 Å². The Morgan fingerprint density at radius 3 is 2.67 bits per heavy atom. The topological polar surface area (TPSA) is 45.8 Å². The summed E-state index contributed by atoms with van der Waals surface area (Å²) in [5, 5.41) is 0. The summed E-state index contributed by atoms with van der Waals surface area (Å²) < 4.78 is 1.35. The number of rotatable bonds is 0. The number of H-pyrrole nitrogens is 1. The van der Waals surface area contributed by atoms with Crippen molar-refractivity contribution in [3.8, 4) is 0 Å². The van der Waals surface area contributed by atoms with Crippen LogP contribution in [0.15, 0.2) is 20.1 Å². The monoisotopic (exact) mass is 252 g/mol. The highest BCUT2D eigenvalue weighted by atomic mass is 79.9. The lowest BCUT2D eigenvalue weighted by molar-refractivity contribution is 1.04. The molecule has 0 spiro atoms. The van der Waals surface area contributed by atoms with Gasteiger partial charge in [-0.25, -0.2) is 9.78 Å². The van der Waals surface area contributed by atoms with E-state index in [-0.39, 0.29) is 5.69 Å². The number of halogens is 2. The van der Waals surface area contributed by atoms with Gasteiger partial charge in [-0.05, 0) is 31.9 Å². The maximum absolute atomic E-state index is 10.4. The number of aromatic amines is 1. The number of aromatic nitrogens is 2. The summed E-state index contributed by atoms with van der Waals surface area (Å²) in [6.45, 7) is 0. The molecule has 48 valence electrons. The molecule has 0 aromatic carbocycles. The van der Waals surface area contributed by atoms with E-state index in [1.807, 2.05) is 0 Å². The van der Waals surface area contributed by atoms with Gasteiger partial charge in [0, 0.05) is 6.20 Å². The first-order valence-electron chi connectivity index (χ1n) is 2.10. The van der Waals surface area contributed by atoms with E-state index >= 15 is 0 Å². The standard InChI is InChI=1S/C4H2Br2N2O/c5-2-1-7-4(9)8-3(2)6/h1H,(H,7,8,9). The highest BCUT2D eigenvalue weighted by Gasteiger charge is 1.93. The second-order valence-electron chi connectivity index (χ2n) is 1.35. The molecule has 0 saturated heterocycles. The molecule has 3 nitrogen and oxygen atoms in total. The van der Waals surface area contributed by atoms with Gasteiger partial charge in [-0.1, -0.05) is 0 Å². The van der Waals surface area contributed by atoms with Crippen LogP contribution in [0.25, 0.3) is 0 Å². The third kappa shape index (κ3) is 1.62. The molecule has 0 saturated carbocycles. The zero-order chi connectivity index (χ0) is 6.85. The number of hydrogen-bond donors (Lipinski definition) is 1. The Labute approximate surface area is 67.8 Å². The summed E-state index contributed by atoms with van der Waals surface area (Å²) in [6.07, 6.45) is 1.43. The van der Waals surface area contributed by atoms with Crippen molar-refractivity contribution >= 4 is 31.9 Å². The van der Waals surface area contributed by atoms with Crippen LogP contribution < -0.4 is 5.69 Å². The summed E-state index contributed by atoms with van der Waals surface area (Å²) in [6, 6.07) is 0. The van der Waals surface area contributed by atoms with Gasteiger partial charge in [-0.2, -0.15) is 0 Å². The van der Waals surface area contributed by atoms with Crippen LogP contribution >= 0.6 is 31.9 Å². The second-order valence-corrected chi connectivity index (χ2v) is 3.00. The van der Waals surface area contributed by atoms with Crippen LogP contribution in [-0.2, 0) is 0 Å². The van der Waals surface area contributed by atoms with Gasteiger partial charge in [-0.15, -0.1) is 0 Å². The summed E-state index contributed by atoms with van der Waals surface area (Å²) in [5.74, 6) is 0. The minimum Gasteiger partial charge on any atom is -0.299 e. The molecule has 1 heterocycles. The minimum absolute atomic E-state index is 0.356. The lowest BCUT2D eigenvalue weighted by atomic mass is 10.7. The third-order valence-electron chi connectivity index (χ3n) is 0.722. The predicted octanol–water partition coefficient (Wildman–Crippen LogP) is 1.29. The van der Waals surface area contributed by atoms with Crippen molar-refractivity contribution in [2.75, 3.05) is 0 Å². The van der Waals surface area contributed by atoms with Gasteiger partial charge >= 0.3 is 5.69 Å². The number of nitrogens with one attached hydrogen (secondary N) is 1. The first-order valence-corrected chi connectivity index (χ1v) is 3.69. The Morgan fingerprint density at radius 1 is 1.56 bits per heavy atom. The molecule has 9 heavy (non-hydrogen) atoms. The lowest BCUT2D eigenvalue weighted by Crippen LogP contribution is -2.08. The van der Waals surface area contributed by atoms with Crippen molar-refractivity contribution in [2.24, 2.45) is 0 Å². The highest BCUT2D eigenvalue weighted by Crippen LogP contribution is 2.15. The Bertz CT molecular complexity index is 270. The van der Waals surface area contributed by atoms with Crippen molar-refractivity contribution in [2.45, 2.75) is 0 Å². The van der Waals surface area contributed by atoms with E-state index in [2.05, 4.69) is 41.8 Å². The van der Waals surface area contributed by atoms with Crippen LogP contribution in [0, 0.1) is 0 Å². The van der Waals surface area contributed by atoms with E-state index in [0.717, 1.165) is 4.47 Å². The fourth-order valence-electron chi connectivity index (χ4n) is 0.358. The minimum atomic E-state index is -0.356. The second kappa shape index (κ2) is 2.62. The summed E-state index contributed by atoms with van der Waals surface area (Å²) in [4.78, 5) is 16.3. The first kappa shape index (κ1) is 6.95. The van der Waals surface area contributed by atoms with Gasteiger partial charge in [0.2, 0.25) is 0 Å².